The SMILES string of the molecule is COC(=O)C1C=CC(C)=CC1(O)O. The van der Waals surface area contributed by atoms with Gasteiger partial charge in [-0.05, 0) is 13.0 Å². The van der Waals surface area contributed by atoms with E-state index in [0.29, 0.717) is 5.57 Å². The number of carbonyl (C=O) groups is 1. The number of allylic oxidation sites excluding steroid dienone is 2. The lowest BCUT2D eigenvalue weighted by atomic mass is 9.91. The first-order chi connectivity index (χ1) is 5.97. The zero-order valence-corrected chi connectivity index (χ0v) is 7.52. The van der Waals surface area contributed by atoms with Gasteiger partial charge in [-0.15, -0.1) is 0 Å². The van der Waals surface area contributed by atoms with Crippen LogP contribution in [0.1, 0.15) is 6.92 Å². The Morgan fingerprint density at radius 3 is 2.69 bits per heavy atom. The van der Waals surface area contributed by atoms with Crippen molar-refractivity contribution in [3.8, 4) is 0 Å². The zero-order valence-electron chi connectivity index (χ0n) is 7.52. The van der Waals surface area contributed by atoms with Crippen molar-refractivity contribution < 1.29 is 19.7 Å². The molecule has 4 heteroatoms. The van der Waals surface area contributed by atoms with Crippen LogP contribution in [0.25, 0.3) is 0 Å². The van der Waals surface area contributed by atoms with E-state index in [-0.39, 0.29) is 0 Å². The van der Waals surface area contributed by atoms with Crippen LogP contribution in [-0.2, 0) is 9.53 Å². The molecule has 0 amide bonds. The number of hydrogen-bond acceptors (Lipinski definition) is 4. The molecule has 0 aliphatic heterocycles. The Morgan fingerprint density at radius 1 is 1.62 bits per heavy atom. The minimum atomic E-state index is -2.13. The van der Waals surface area contributed by atoms with E-state index in [9.17, 15) is 15.0 Å². The van der Waals surface area contributed by atoms with E-state index >= 15 is 0 Å². The molecule has 13 heavy (non-hydrogen) atoms. The fourth-order valence-corrected chi connectivity index (χ4v) is 1.24. The molecule has 0 radical (unpaired) electrons. The van der Waals surface area contributed by atoms with Crippen molar-refractivity contribution >= 4 is 5.97 Å². The monoisotopic (exact) mass is 184 g/mol. The summed E-state index contributed by atoms with van der Waals surface area (Å²) in [7, 11) is 1.21. The molecule has 4 nitrogen and oxygen atoms in total. The van der Waals surface area contributed by atoms with Crippen LogP contribution in [0.15, 0.2) is 23.8 Å². The maximum absolute atomic E-state index is 11.1. The lowest BCUT2D eigenvalue weighted by Crippen LogP contribution is -2.41. The normalized spacial score (nSPS) is 25.2. The first-order valence-electron chi connectivity index (χ1n) is 3.87. The summed E-state index contributed by atoms with van der Waals surface area (Å²) in [5, 5.41) is 18.9. The molecule has 1 rings (SSSR count). The quantitative estimate of drug-likeness (QED) is 0.443. The molecule has 72 valence electrons. The van der Waals surface area contributed by atoms with Gasteiger partial charge in [-0.3, -0.25) is 4.79 Å². The van der Waals surface area contributed by atoms with Crippen molar-refractivity contribution in [2.75, 3.05) is 7.11 Å². The smallest absolute Gasteiger partial charge is 0.318 e. The molecule has 0 fully saturated rings. The van der Waals surface area contributed by atoms with E-state index in [0.717, 1.165) is 0 Å². The number of ether oxygens (including phenoxy) is 1. The molecule has 1 aliphatic rings. The third-order valence-corrected chi connectivity index (χ3v) is 1.90. The Bertz CT molecular complexity index is 275. The number of methoxy groups -OCH3 is 1. The van der Waals surface area contributed by atoms with Crippen molar-refractivity contribution in [2.24, 2.45) is 5.92 Å². The molecule has 0 saturated carbocycles. The van der Waals surface area contributed by atoms with Gasteiger partial charge in [0.25, 0.3) is 0 Å². The standard InChI is InChI=1S/C9H12O4/c1-6-3-4-7(8(10)13-2)9(11,12)5-6/h3-5,7,11-12H,1-2H3. The zero-order chi connectivity index (χ0) is 10.1. The van der Waals surface area contributed by atoms with E-state index in [2.05, 4.69) is 4.74 Å². The Labute approximate surface area is 76.1 Å². The molecule has 2 N–H and O–H groups in total. The van der Waals surface area contributed by atoms with E-state index in [4.69, 9.17) is 0 Å². The number of carbonyl (C=O) groups excluding carboxylic acids is 1. The lowest BCUT2D eigenvalue weighted by Gasteiger charge is -2.27. The van der Waals surface area contributed by atoms with Gasteiger partial charge in [0.1, 0.15) is 5.92 Å². The van der Waals surface area contributed by atoms with Crippen LogP contribution in [0.2, 0.25) is 0 Å². The van der Waals surface area contributed by atoms with Crippen molar-refractivity contribution in [1.82, 2.24) is 0 Å². The second-order valence-electron chi connectivity index (χ2n) is 3.03. The van der Waals surface area contributed by atoms with Gasteiger partial charge in [0.2, 0.25) is 5.79 Å². The van der Waals surface area contributed by atoms with Gasteiger partial charge in [-0.2, -0.15) is 0 Å². The van der Waals surface area contributed by atoms with Gasteiger partial charge >= 0.3 is 5.97 Å². The molecule has 0 heterocycles. The fourth-order valence-electron chi connectivity index (χ4n) is 1.24. The predicted octanol–water partition coefficient (Wildman–Crippen LogP) is -0.0274. The topological polar surface area (TPSA) is 66.8 Å². The van der Waals surface area contributed by atoms with Gasteiger partial charge < -0.3 is 14.9 Å². The molecule has 1 aliphatic carbocycles. The molecule has 0 aromatic heterocycles. The molecule has 0 bridgehead atoms. The van der Waals surface area contributed by atoms with Gasteiger partial charge in [-0.25, -0.2) is 0 Å². The number of hydrogen-bond donors (Lipinski definition) is 2. The van der Waals surface area contributed by atoms with E-state index < -0.39 is 17.7 Å². The van der Waals surface area contributed by atoms with Crippen LogP contribution in [0.4, 0.5) is 0 Å². The second kappa shape index (κ2) is 3.32. The highest BCUT2D eigenvalue weighted by Crippen LogP contribution is 2.25. The van der Waals surface area contributed by atoms with Crippen molar-refractivity contribution in [3.05, 3.63) is 23.8 Å². The van der Waals surface area contributed by atoms with Crippen LogP contribution in [0.5, 0.6) is 0 Å². The highest BCUT2D eigenvalue weighted by atomic mass is 16.5. The lowest BCUT2D eigenvalue weighted by molar-refractivity contribution is -0.179. The largest absolute Gasteiger partial charge is 0.468 e. The summed E-state index contributed by atoms with van der Waals surface area (Å²) in [5.74, 6) is -3.84. The molecule has 1 unspecified atom stereocenters. The summed E-state index contributed by atoms with van der Waals surface area (Å²) in [6.45, 7) is 1.71. The first-order valence-corrected chi connectivity index (χ1v) is 3.87. The predicted molar refractivity (Wildman–Crippen MR) is 45.6 cm³/mol. The van der Waals surface area contributed by atoms with Crippen LogP contribution >= 0.6 is 0 Å². The Hall–Kier alpha value is -1.13. The minimum absolute atomic E-state index is 0.662. The Morgan fingerprint density at radius 2 is 2.23 bits per heavy atom. The Balaban J connectivity index is 2.91. The third-order valence-electron chi connectivity index (χ3n) is 1.90. The average Bonchev–Trinajstić information content (AvgIpc) is 2.01. The summed E-state index contributed by atoms with van der Waals surface area (Å²) in [5.41, 5.74) is 0.699. The van der Waals surface area contributed by atoms with Crippen LogP contribution in [-0.4, -0.2) is 29.1 Å². The highest BCUT2D eigenvalue weighted by Gasteiger charge is 2.38. The average molecular weight is 184 g/mol. The summed E-state index contributed by atoms with van der Waals surface area (Å²) in [6, 6.07) is 0. The fraction of sp³-hybridized carbons (Fsp3) is 0.444. The molecule has 0 aromatic carbocycles. The summed E-state index contributed by atoms with van der Waals surface area (Å²) < 4.78 is 4.42. The molecule has 1 atom stereocenters. The molecule has 0 aromatic rings. The number of esters is 1. The highest BCUT2D eigenvalue weighted by molar-refractivity contribution is 5.76. The van der Waals surface area contributed by atoms with Gasteiger partial charge in [0.15, 0.2) is 0 Å². The van der Waals surface area contributed by atoms with Crippen molar-refractivity contribution in [1.29, 1.82) is 0 Å². The number of rotatable bonds is 1. The third kappa shape index (κ3) is 1.96. The van der Waals surface area contributed by atoms with Gasteiger partial charge in [0, 0.05) is 0 Å². The van der Waals surface area contributed by atoms with Crippen molar-refractivity contribution in [2.45, 2.75) is 12.7 Å². The first kappa shape index (κ1) is 9.95. The maximum Gasteiger partial charge on any atom is 0.318 e. The van der Waals surface area contributed by atoms with Crippen LogP contribution in [0, 0.1) is 5.92 Å². The maximum atomic E-state index is 11.1. The van der Waals surface area contributed by atoms with Gasteiger partial charge in [-0.1, -0.05) is 17.7 Å². The van der Waals surface area contributed by atoms with Crippen molar-refractivity contribution in [3.63, 3.8) is 0 Å². The second-order valence-corrected chi connectivity index (χ2v) is 3.03. The van der Waals surface area contributed by atoms with E-state index in [1.165, 1.54) is 19.3 Å². The minimum Gasteiger partial charge on any atom is -0.468 e. The van der Waals surface area contributed by atoms with Gasteiger partial charge in [0.05, 0.1) is 7.11 Å². The van der Waals surface area contributed by atoms with Crippen LogP contribution in [0.3, 0.4) is 0 Å². The summed E-state index contributed by atoms with van der Waals surface area (Å²) >= 11 is 0. The Kier molecular flexibility index (Phi) is 2.54. The molecular formula is C9H12O4. The molecule has 0 saturated heterocycles. The van der Waals surface area contributed by atoms with E-state index in [1.54, 1.807) is 13.0 Å². The van der Waals surface area contributed by atoms with Crippen LogP contribution < -0.4 is 0 Å². The number of aliphatic hydroxyl groups is 2. The molecular weight excluding hydrogens is 172 g/mol. The van der Waals surface area contributed by atoms with E-state index in [1.807, 2.05) is 0 Å². The summed E-state index contributed by atoms with van der Waals surface area (Å²) in [6.07, 6.45) is 4.28. The summed E-state index contributed by atoms with van der Waals surface area (Å²) in [4.78, 5) is 11.1. The molecule has 0 spiro atoms.